The summed E-state index contributed by atoms with van der Waals surface area (Å²) in [5.74, 6) is 1.07. The molecule has 2 N–H and O–H groups in total. The molecule has 2 amide bonds. The van der Waals surface area contributed by atoms with Crippen LogP contribution in [0, 0.1) is 6.92 Å². The number of nitrogens with zero attached hydrogens (tertiary/aromatic N) is 3. The smallest absolute Gasteiger partial charge is 0.333 e. The Morgan fingerprint density at radius 3 is 2.82 bits per heavy atom. The molecule has 5 rings (SSSR count). The molecule has 0 saturated heterocycles. The summed E-state index contributed by atoms with van der Waals surface area (Å²) in [4.78, 5) is 17.2. The van der Waals surface area contributed by atoms with E-state index in [2.05, 4.69) is 20.1 Å². The fourth-order valence-electron chi connectivity index (χ4n) is 4.04. The Hall–Kier alpha value is -3.60. The van der Waals surface area contributed by atoms with Gasteiger partial charge in [-0.1, -0.05) is 0 Å². The summed E-state index contributed by atoms with van der Waals surface area (Å²) in [6, 6.07) is 5.99. The van der Waals surface area contributed by atoms with Crippen LogP contribution in [0.2, 0.25) is 0 Å². The molecule has 3 aromatic rings. The van der Waals surface area contributed by atoms with Crippen molar-refractivity contribution in [2.75, 3.05) is 18.5 Å². The Bertz CT molecular complexity index is 1380. The van der Waals surface area contributed by atoms with Gasteiger partial charge in [0.05, 0.1) is 17.8 Å². The molecule has 0 fully saturated rings. The number of benzene rings is 1. The molecule has 2 aliphatic rings. The van der Waals surface area contributed by atoms with Gasteiger partial charge in [0.1, 0.15) is 12.4 Å². The first-order valence-corrected chi connectivity index (χ1v) is 11.9. The van der Waals surface area contributed by atoms with E-state index in [1.165, 1.54) is 16.9 Å². The van der Waals surface area contributed by atoms with Crippen LogP contribution in [0.1, 0.15) is 25.0 Å². The first-order chi connectivity index (χ1) is 15.6. The number of ether oxygens (including phenoxy) is 2. The average Bonchev–Trinajstić information content (AvgIpc) is 3.42. The van der Waals surface area contributed by atoms with E-state index in [-0.39, 0.29) is 11.6 Å². The predicted octanol–water partition coefficient (Wildman–Crippen LogP) is 2.83. The van der Waals surface area contributed by atoms with E-state index >= 15 is 0 Å². The summed E-state index contributed by atoms with van der Waals surface area (Å²) in [7, 11) is -4.20. The summed E-state index contributed by atoms with van der Waals surface area (Å²) < 4.78 is 40.9. The number of pyridine rings is 1. The molecule has 172 valence electrons. The summed E-state index contributed by atoms with van der Waals surface area (Å²) in [5, 5.41) is 6.66. The van der Waals surface area contributed by atoms with Crippen molar-refractivity contribution in [2.24, 2.45) is 0 Å². The van der Waals surface area contributed by atoms with Crippen molar-refractivity contribution in [3.05, 3.63) is 47.8 Å². The fraction of sp³-hybridized carbons (Fsp3) is 0.318. The molecule has 2 aromatic heterocycles. The van der Waals surface area contributed by atoms with Crippen molar-refractivity contribution in [1.29, 1.82) is 0 Å². The van der Waals surface area contributed by atoms with Crippen LogP contribution in [-0.2, 0) is 22.0 Å². The SMILES string of the molecule is Cc1cc2c(c3c1-c1ccnc(c1)OCC(C)(C)n1ccc(n1)S(=O)(=O)NC(=O)N3)CCO2. The van der Waals surface area contributed by atoms with Crippen LogP contribution in [-0.4, -0.2) is 42.4 Å². The van der Waals surface area contributed by atoms with Crippen LogP contribution < -0.4 is 19.5 Å². The molecule has 33 heavy (non-hydrogen) atoms. The number of fused-ring (bicyclic) bond motifs is 8. The zero-order chi connectivity index (χ0) is 23.4. The summed E-state index contributed by atoms with van der Waals surface area (Å²) in [6.07, 6.45) is 3.76. The molecule has 11 heteroatoms. The van der Waals surface area contributed by atoms with Gasteiger partial charge < -0.3 is 14.8 Å². The van der Waals surface area contributed by atoms with E-state index in [0.717, 1.165) is 22.3 Å². The van der Waals surface area contributed by atoms with Crippen molar-refractivity contribution in [1.82, 2.24) is 19.5 Å². The highest BCUT2D eigenvalue weighted by Gasteiger charge is 2.29. The van der Waals surface area contributed by atoms with Crippen molar-refractivity contribution in [3.63, 3.8) is 0 Å². The first kappa shape index (κ1) is 21.3. The van der Waals surface area contributed by atoms with Crippen LogP contribution in [0.5, 0.6) is 11.6 Å². The Morgan fingerprint density at radius 1 is 1.18 bits per heavy atom. The predicted molar refractivity (Wildman–Crippen MR) is 120 cm³/mol. The number of carbonyl (C=O) groups excluding carboxylic acids is 1. The molecule has 4 heterocycles. The lowest BCUT2D eigenvalue weighted by atomic mass is 9.94. The first-order valence-electron chi connectivity index (χ1n) is 10.4. The molecule has 0 spiro atoms. The fourth-order valence-corrected chi connectivity index (χ4v) is 4.87. The number of urea groups is 1. The summed E-state index contributed by atoms with van der Waals surface area (Å²) >= 11 is 0. The lowest BCUT2D eigenvalue weighted by molar-refractivity contribution is 0.164. The van der Waals surface area contributed by atoms with Gasteiger partial charge in [-0.15, -0.1) is 0 Å². The number of amides is 2. The number of hydrogen-bond acceptors (Lipinski definition) is 7. The van der Waals surface area contributed by atoms with Gasteiger partial charge in [-0.05, 0) is 50.1 Å². The standard InChI is InChI=1S/C22H23N5O5S/c1-13-10-16-15(6-9-31-16)20-19(13)14-4-7-23-17(11-14)32-12-22(2,3)27-8-5-18(25-27)33(29,30)26-21(28)24-20/h4-5,7-8,10-11H,6,9,12H2,1-3H3,(H2,24,26,28). The second-order valence-corrected chi connectivity index (χ2v) is 10.3. The number of carbonyl (C=O) groups is 1. The van der Waals surface area contributed by atoms with Crippen LogP contribution in [0.4, 0.5) is 10.5 Å². The quantitative estimate of drug-likeness (QED) is 0.519. The molecule has 2 aliphatic heterocycles. The second kappa shape index (κ2) is 7.48. The number of anilines is 1. The highest BCUT2D eigenvalue weighted by atomic mass is 32.2. The van der Waals surface area contributed by atoms with Crippen molar-refractivity contribution in [3.8, 4) is 22.8 Å². The highest BCUT2D eigenvalue weighted by Crippen LogP contribution is 2.42. The van der Waals surface area contributed by atoms with Crippen LogP contribution in [0.15, 0.2) is 41.7 Å². The zero-order valence-electron chi connectivity index (χ0n) is 18.4. The third-order valence-electron chi connectivity index (χ3n) is 5.72. The van der Waals surface area contributed by atoms with E-state index < -0.39 is 21.6 Å². The second-order valence-electron chi connectivity index (χ2n) is 8.66. The minimum Gasteiger partial charge on any atom is -0.493 e. The molecule has 0 unspecified atom stereocenters. The van der Waals surface area contributed by atoms with Gasteiger partial charge in [-0.2, -0.15) is 13.5 Å². The van der Waals surface area contributed by atoms with E-state index in [1.54, 1.807) is 12.3 Å². The minimum absolute atomic E-state index is 0.194. The topological polar surface area (TPSA) is 124 Å². The third kappa shape index (κ3) is 3.78. The van der Waals surface area contributed by atoms with Crippen LogP contribution >= 0.6 is 0 Å². The van der Waals surface area contributed by atoms with Gasteiger partial charge in [0.2, 0.25) is 5.88 Å². The maximum Gasteiger partial charge on any atom is 0.333 e. The van der Waals surface area contributed by atoms with Gasteiger partial charge >= 0.3 is 6.03 Å². The lowest BCUT2D eigenvalue weighted by Gasteiger charge is -2.25. The van der Waals surface area contributed by atoms with Gasteiger partial charge in [-0.25, -0.2) is 14.5 Å². The number of aromatic nitrogens is 3. The molecule has 0 atom stereocenters. The van der Waals surface area contributed by atoms with Gasteiger partial charge in [0.25, 0.3) is 10.0 Å². The van der Waals surface area contributed by atoms with Crippen LogP contribution in [0.25, 0.3) is 11.1 Å². The minimum atomic E-state index is -4.20. The van der Waals surface area contributed by atoms with Crippen molar-refractivity contribution < 1.29 is 22.7 Å². The largest absolute Gasteiger partial charge is 0.493 e. The van der Waals surface area contributed by atoms with Gasteiger partial charge in [0.15, 0.2) is 5.03 Å². The number of aryl methyl sites for hydroxylation is 1. The molecular formula is C22H23N5O5S. The van der Waals surface area contributed by atoms with Gasteiger partial charge in [0, 0.05) is 36.0 Å². The Labute approximate surface area is 191 Å². The lowest BCUT2D eigenvalue weighted by Crippen LogP contribution is -2.36. The molecule has 1 aromatic carbocycles. The summed E-state index contributed by atoms with van der Waals surface area (Å²) in [6.45, 7) is 6.30. The van der Waals surface area contributed by atoms with E-state index in [9.17, 15) is 13.2 Å². The maximum absolute atomic E-state index is 12.9. The normalized spacial score (nSPS) is 18.3. The molecular weight excluding hydrogens is 446 g/mol. The Balaban J connectivity index is 1.69. The zero-order valence-corrected chi connectivity index (χ0v) is 19.2. The van der Waals surface area contributed by atoms with E-state index in [1.807, 2.05) is 32.9 Å². The number of nitrogens with one attached hydrogen (secondary N) is 2. The Morgan fingerprint density at radius 2 is 2.00 bits per heavy atom. The highest BCUT2D eigenvalue weighted by molar-refractivity contribution is 7.90. The number of sulfonamides is 1. The van der Waals surface area contributed by atoms with Crippen LogP contribution in [0.3, 0.4) is 0 Å². The van der Waals surface area contributed by atoms with Crippen molar-refractivity contribution in [2.45, 2.75) is 37.8 Å². The molecule has 0 radical (unpaired) electrons. The third-order valence-corrected chi connectivity index (χ3v) is 6.95. The molecule has 4 bridgehead atoms. The average molecular weight is 470 g/mol. The Kier molecular flexibility index (Phi) is 4.82. The summed E-state index contributed by atoms with van der Waals surface area (Å²) in [5.41, 5.74) is 2.99. The molecule has 0 saturated carbocycles. The number of rotatable bonds is 0. The molecule has 10 nitrogen and oxygen atoms in total. The van der Waals surface area contributed by atoms with E-state index in [0.29, 0.717) is 30.3 Å². The molecule has 0 aliphatic carbocycles. The monoisotopic (exact) mass is 469 g/mol. The van der Waals surface area contributed by atoms with Gasteiger partial charge in [-0.3, -0.25) is 4.68 Å². The van der Waals surface area contributed by atoms with E-state index in [4.69, 9.17) is 9.47 Å². The van der Waals surface area contributed by atoms with Crippen molar-refractivity contribution >= 4 is 21.7 Å². The number of hydrogen-bond donors (Lipinski definition) is 2. The maximum atomic E-state index is 12.9.